The number of hydrogen-bond acceptors (Lipinski definition) is 0. The van der Waals surface area contributed by atoms with Crippen LogP contribution in [0.1, 0.15) is 0 Å². The number of rotatable bonds is 0. The highest BCUT2D eigenvalue weighted by molar-refractivity contribution is 6.33. The van der Waals surface area contributed by atoms with Gasteiger partial charge in [0.2, 0.25) is 0 Å². The van der Waals surface area contributed by atoms with Gasteiger partial charge in [0.1, 0.15) is 5.38 Å². The number of alkyl halides is 5. The van der Waals surface area contributed by atoms with Crippen molar-refractivity contribution in [3.05, 3.63) is 23.3 Å². The fourth-order valence-corrected chi connectivity index (χ4v) is 1.59. The van der Waals surface area contributed by atoms with Crippen molar-refractivity contribution in [2.75, 3.05) is 0 Å². The van der Waals surface area contributed by atoms with Crippen molar-refractivity contribution in [2.45, 2.75) is 17.2 Å². The minimum atomic E-state index is -5.10. The molecule has 1 rings (SSSR count). The SMILES string of the molecule is FC(F)(F)C1(F)C(Cl)=CC=CC1Cl. The topological polar surface area (TPSA) is 0 Å². The molecule has 0 fully saturated rings. The Morgan fingerprint density at radius 2 is 1.92 bits per heavy atom. The highest BCUT2D eigenvalue weighted by atomic mass is 35.5. The van der Waals surface area contributed by atoms with Crippen LogP contribution >= 0.6 is 23.2 Å². The summed E-state index contributed by atoms with van der Waals surface area (Å²) in [4.78, 5) is 0. The molecular formula is C7H4Cl2F4. The minimum absolute atomic E-state index is 0.841. The molecule has 0 amide bonds. The molecule has 0 aromatic carbocycles. The van der Waals surface area contributed by atoms with Crippen LogP contribution in [0.4, 0.5) is 17.6 Å². The number of halogens is 6. The predicted molar refractivity (Wildman–Crippen MR) is 42.6 cm³/mol. The van der Waals surface area contributed by atoms with E-state index in [1.165, 1.54) is 6.08 Å². The molecule has 0 bridgehead atoms. The first kappa shape index (κ1) is 10.9. The summed E-state index contributed by atoms with van der Waals surface area (Å²) in [6.07, 6.45) is -2.17. The highest BCUT2D eigenvalue weighted by Crippen LogP contribution is 2.47. The van der Waals surface area contributed by atoms with E-state index in [1.54, 1.807) is 0 Å². The first-order chi connectivity index (χ1) is 5.80. The van der Waals surface area contributed by atoms with Crippen LogP contribution in [0, 0.1) is 0 Å². The molecule has 2 unspecified atom stereocenters. The van der Waals surface area contributed by atoms with Gasteiger partial charge in [-0.1, -0.05) is 23.8 Å². The van der Waals surface area contributed by atoms with Gasteiger partial charge in [0.25, 0.3) is 5.67 Å². The Morgan fingerprint density at radius 1 is 1.38 bits per heavy atom. The number of allylic oxidation sites excluding steroid dienone is 4. The van der Waals surface area contributed by atoms with E-state index in [1.807, 2.05) is 0 Å². The zero-order valence-corrected chi connectivity index (χ0v) is 7.59. The van der Waals surface area contributed by atoms with Crippen molar-refractivity contribution in [3.63, 3.8) is 0 Å². The summed E-state index contributed by atoms with van der Waals surface area (Å²) in [6, 6.07) is 0. The van der Waals surface area contributed by atoms with E-state index >= 15 is 0 Å². The molecule has 0 spiro atoms. The van der Waals surface area contributed by atoms with Crippen LogP contribution in [-0.2, 0) is 0 Å². The van der Waals surface area contributed by atoms with Crippen LogP contribution in [-0.4, -0.2) is 17.2 Å². The molecule has 0 saturated heterocycles. The fourth-order valence-electron chi connectivity index (χ4n) is 0.915. The van der Waals surface area contributed by atoms with E-state index in [0.29, 0.717) is 0 Å². The van der Waals surface area contributed by atoms with Crippen molar-refractivity contribution in [3.8, 4) is 0 Å². The van der Waals surface area contributed by atoms with Gasteiger partial charge in [-0.25, -0.2) is 4.39 Å². The van der Waals surface area contributed by atoms with Crippen LogP contribution < -0.4 is 0 Å². The Bertz CT molecular complexity index is 268. The second-order valence-corrected chi connectivity index (χ2v) is 3.39. The largest absolute Gasteiger partial charge is 0.429 e. The lowest BCUT2D eigenvalue weighted by molar-refractivity contribution is -0.211. The summed E-state index contributed by atoms with van der Waals surface area (Å²) in [6.45, 7) is 0. The van der Waals surface area contributed by atoms with E-state index in [9.17, 15) is 17.6 Å². The molecule has 13 heavy (non-hydrogen) atoms. The molecule has 0 N–H and O–H groups in total. The van der Waals surface area contributed by atoms with E-state index in [-0.39, 0.29) is 0 Å². The summed E-state index contributed by atoms with van der Waals surface area (Å²) in [7, 11) is 0. The average molecular weight is 235 g/mol. The molecular weight excluding hydrogens is 231 g/mol. The van der Waals surface area contributed by atoms with E-state index in [0.717, 1.165) is 12.2 Å². The van der Waals surface area contributed by atoms with Crippen LogP contribution in [0.2, 0.25) is 0 Å². The predicted octanol–water partition coefficient (Wildman–Crippen LogP) is 3.56. The molecule has 0 radical (unpaired) electrons. The minimum Gasteiger partial charge on any atom is -0.225 e. The Kier molecular flexibility index (Phi) is 2.65. The van der Waals surface area contributed by atoms with Crippen molar-refractivity contribution in [1.29, 1.82) is 0 Å². The van der Waals surface area contributed by atoms with E-state index in [2.05, 4.69) is 0 Å². The maximum absolute atomic E-state index is 13.4. The molecule has 1 aliphatic carbocycles. The number of hydrogen-bond donors (Lipinski definition) is 0. The normalized spacial score (nSPS) is 34.6. The third-order valence-corrected chi connectivity index (χ3v) is 2.51. The quantitative estimate of drug-likeness (QED) is 0.444. The van der Waals surface area contributed by atoms with Gasteiger partial charge in [-0.05, 0) is 6.08 Å². The maximum Gasteiger partial charge on any atom is 0.429 e. The lowest BCUT2D eigenvalue weighted by Gasteiger charge is -2.31. The zero-order chi connectivity index (χ0) is 10.3. The summed E-state index contributed by atoms with van der Waals surface area (Å²) in [5, 5.41) is -2.76. The Balaban J connectivity index is 3.15. The lowest BCUT2D eigenvalue weighted by atomic mass is 9.96. The van der Waals surface area contributed by atoms with Gasteiger partial charge < -0.3 is 0 Å². The molecule has 1 aliphatic rings. The first-order valence-corrected chi connectivity index (χ1v) is 4.05. The van der Waals surface area contributed by atoms with Crippen molar-refractivity contribution in [1.82, 2.24) is 0 Å². The van der Waals surface area contributed by atoms with Crippen LogP contribution in [0.3, 0.4) is 0 Å². The molecule has 0 heterocycles. The first-order valence-electron chi connectivity index (χ1n) is 3.24. The van der Waals surface area contributed by atoms with Gasteiger partial charge in [-0.2, -0.15) is 13.2 Å². The van der Waals surface area contributed by atoms with Gasteiger partial charge in [0, 0.05) is 0 Å². The van der Waals surface area contributed by atoms with E-state index < -0.39 is 22.3 Å². The van der Waals surface area contributed by atoms with Crippen LogP contribution in [0.25, 0.3) is 0 Å². The highest BCUT2D eigenvalue weighted by Gasteiger charge is 2.62. The van der Waals surface area contributed by atoms with Crippen LogP contribution in [0.5, 0.6) is 0 Å². The molecule has 2 atom stereocenters. The van der Waals surface area contributed by atoms with Gasteiger partial charge in [-0.3, -0.25) is 0 Å². The van der Waals surface area contributed by atoms with Crippen molar-refractivity contribution < 1.29 is 17.6 Å². The maximum atomic E-state index is 13.4. The monoisotopic (exact) mass is 234 g/mol. The zero-order valence-electron chi connectivity index (χ0n) is 6.08. The van der Waals surface area contributed by atoms with Crippen molar-refractivity contribution in [2.24, 2.45) is 0 Å². The Morgan fingerprint density at radius 3 is 2.23 bits per heavy atom. The van der Waals surface area contributed by atoms with Gasteiger partial charge in [-0.15, -0.1) is 11.6 Å². The van der Waals surface area contributed by atoms with Gasteiger partial charge >= 0.3 is 6.18 Å². The molecule has 0 aromatic heterocycles. The summed E-state index contributed by atoms with van der Waals surface area (Å²) in [5.41, 5.74) is -3.66. The Labute approximate surface area is 81.8 Å². The standard InChI is InChI=1S/C7H4Cl2F4/c8-4-2-1-3-5(9)6(4,10)7(11,12)13/h1-4H. The van der Waals surface area contributed by atoms with Gasteiger partial charge in [0.05, 0.1) is 5.03 Å². The molecule has 6 heteroatoms. The summed E-state index contributed by atoms with van der Waals surface area (Å²) in [5.74, 6) is 0. The second-order valence-electron chi connectivity index (χ2n) is 2.51. The third kappa shape index (κ3) is 1.57. The van der Waals surface area contributed by atoms with E-state index in [4.69, 9.17) is 23.2 Å². The fraction of sp³-hybridized carbons (Fsp3) is 0.429. The third-order valence-electron chi connectivity index (χ3n) is 1.66. The molecule has 74 valence electrons. The molecule has 0 aromatic rings. The van der Waals surface area contributed by atoms with Crippen molar-refractivity contribution >= 4 is 23.2 Å². The average Bonchev–Trinajstić information content (AvgIpc) is 1.97. The molecule has 0 aliphatic heterocycles. The summed E-state index contributed by atoms with van der Waals surface area (Å²) >= 11 is 10.3. The Hall–Kier alpha value is -0.220. The smallest absolute Gasteiger partial charge is 0.225 e. The molecule has 0 saturated carbocycles. The van der Waals surface area contributed by atoms with Gasteiger partial charge in [0.15, 0.2) is 0 Å². The second kappa shape index (κ2) is 3.17. The summed E-state index contributed by atoms with van der Waals surface area (Å²) < 4.78 is 50.0. The molecule has 0 nitrogen and oxygen atoms in total. The lowest BCUT2D eigenvalue weighted by Crippen LogP contribution is -2.49. The van der Waals surface area contributed by atoms with Crippen LogP contribution in [0.15, 0.2) is 23.3 Å².